The summed E-state index contributed by atoms with van der Waals surface area (Å²) in [6.45, 7) is 1.24. The lowest BCUT2D eigenvalue weighted by atomic mass is 10.1. The van der Waals surface area contributed by atoms with Gasteiger partial charge in [-0.25, -0.2) is 9.59 Å². The van der Waals surface area contributed by atoms with Gasteiger partial charge in [-0.2, -0.15) is 0 Å². The van der Waals surface area contributed by atoms with Crippen LogP contribution in [0.2, 0.25) is 0 Å². The molecular formula is C24H21NO5. The van der Waals surface area contributed by atoms with Crippen LogP contribution in [0.3, 0.4) is 0 Å². The van der Waals surface area contributed by atoms with Gasteiger partial charge >= 0.3 is 11.9 Å². The standard InChI is InChI=1S/C24H21NO5/c1-25-15-22(28-16-25)19-12-13-20(29-23(26)17-8-4-2-5-9-17)21(14-19)30-24(27)18-10-6-3-7-11-18/h2-14,22H,15-16H2,1H3. The van der Waals surface area contributed by atoms with E-state index in [-0.39, 0.29) is 17.6 Å². The van der Waals surface area contributed by atoms with Crippen molar-refractivity contribution in [1.82, 2.24) is 4.90 Å². The molecule has 0 aliphatic carbocycles. The molecule has 3 aromatic carbocycles. The molecule has 0 amide bonds. The highest BCUT2D eigenvalue weighted by Gasteiger charge is 2.24. The maximum absolute atomic E-state index is 12.6. The molecule has 1 aliphatic rings. The molecule has 30 heavy (non-hydrogen) atoms. The second-order valence-corrected chi connectivity index (χ2v) is 7.04. The number of likely N-dealkylation sites (N-methyl/N-ethyl adjacent to an activating group) is 1. The Labute approximate surface area is 174 Å². The fourth-order valence-electron chi connectivity index (χ4n) is 3.16. The van der Waals surface area contributed by atoms with E-state index in [1.807, 2.05) is 30.1 Å². The van der Waals surface area contributed by atoms with Crippen LogP contribution in [0.5, 0.6) is 11.5 Å². The predicted octanol–water partition coefficient (Wildman–Crippen LogP) is 4.09. The summed E-state index contributed by atoms with van der Waals surface area (Å²) in [5, 5.41) is 0. The van der Waals surface area contributed by atoms with Crippen LogP contribution in [0.15, 0.2) is 78.9 Å². The van der Waals surface area contributed by atoms with Crippen molar-refractivity contribution in [2.24, 2.45) is 0 Å². The molecule has 152 valence electrons. The van der Waals surface area contributed by atoms with Crippen LogP contribution in [-0.2, 0) is 4.74 Å². The van der Waals surface area contributed by atoms with Crippen molar-refractivity contribution >= 4 is 11.9 Å². The number of hydrogen-bond acceptors (Lipinski definition) is 6. The second kappa shape index (κ2) is 8.90. The number of esters is 2. The Morgan fingerprint density at radius 1 is 0.833 bits per heavy atom. The number of benzene rings is 3. The van der Waals surface area contributed by atoms with Gasteiger partial charge in [0.05, 0.1) is 24.0 Å². The van der Waals surface area contributed by atoms with Gasteiger partial charge in [-0.15, -0.1) is 0 Å². The Morgan fingerprint density at radius 2 is 1.40 bits per heavy atom. The van der Waals surface area contributed by atoms with Crippen molar-refractivity contribution < 1.29 is 23.8 Å². The summed E-state index contributed by atoms with van der Waals surface area (Å²) in [6, 6.07) is 22.4. The monoisotopic (exact) mass is 403 g/mol. The van der Waals surface area contributed by atoms with Crippen LogP contribution in [-0.4, -0.2) is 37.2 Å². The molecule has 6 nitrogen and oxygen atoms in total. The lowest BCUT2D eigenvalue weighted by Gasteiger charge is -2.15. The minimum atomic E-state index is -0.533. The van der Waals surface area contributed by atoms with Gasteiger partial charge in [0.1, 0.15) is 0 Å². The summed E-state index contributed by atoms with van der Waals surface area (Å²) in [7, 11) is 1.96. The Kier molecular flexibility index (Phi) is 5.88. The molecule has 3 aromatic rings. The Hall–Kier alpha value is -3.48. The van der Waals surface area contributed by atoms with Crippen LogP contribution in [0.25, 0.3) is 0 Å². The number of nitrogens with zero attached hydrogens (tertiary/aromatic N) is 1. The Bertz CT molecular complexity index is 1040. The van der Waals surface area contributed by atoms with Crippen molar-refractivity contribution in [2.45, 2.75) is 6.10 Å². The molecule has 0 spiro atoms. The van der Waals surface area contributed by atoms with Crippen LogP contribution in [0.4, 0.5) is 0 Å². The fraction of sp³-hybridized carbons (Fsp3) is 0.167. The van der Waals surface area contributed by atoms with Gasteiger partial charge in [-0.1, -0.05) is 42.5 Å². The molecule has 1 fully saturated rings. The van der Waals surface area contributed by atoms with E-state index in [2.05, 4.69) is 0 Å². The summed E-state index contributed by atoms with van der Waals surface area (Å²) < 4.78 is 16.9. The molecule has 4 rings (SSSR count). The first-order valence-corrected chi connectivity index (χ1v) is 9.59. The van der Waals surface area contributed by atoms with E-state index in [9.17, 15) is 9.59 Å². The summed E-state index contributed by atoms with van der Waals surface area (Å²) in [5.41, 5.74) is 1.65. The molecule has 1 atom stereocenters. The maximum atomic E-state index is 12.6. The molecular weight excluding hydrogens is 382 g/mol. The van der Waals surface area contributed by atoms with Crippen LogP contribution >= 0.6 is 0 Å². The number of ether oxygens (including phenoxy) is 3. The Balaban J connectivity index is 1.62. The van der Waals surface area contributed by atoms with Crippen LogP contribution in [0.1, 0.15) is 32.4 Å². The fourth-order valence-corrected chi connectivity index (χ4v) is 3.16. The summed E-state index contributed by atoms with van der Waals surface area (Å²) in [5.74, 6) is -0.724. The Morgan fingerprint density at radius 3 is 1.93 bits per heavy atom. The predicted molar refractivity (Wildman–Crippen MR) is 111 cm³/mol. The van der Waals surface area contributed by atoms with E-state index >= 15 is 0 Å². The van der Waals surface area contributed by atoms with Crippen molar-refractivity contribution in [3.63, 3.8) is 0 Å². The first kappa shape index (κ1) is 19.8. The van der Waals surface area contributed by atoms with E-state index < -0.39 is 11.9 Å². The number of carbonyl (C=O) groups excluding carboxylic acids is 2. The average molecular weight is 403 g/mol. The van der Waals surface area contributed by atoms with Crippen molar-refractivity contribution in [3.05, 3.63) is 95.6 Å². The number of rotatable bonds is 5. The number of hydrogen-bond donors (Lipinski definition) is 0. The first-order chi connectivity index (χ1) is 14.6. The van der Waals surface area contributed by atoms with Gasteiger partial charge in [0.25, 0.3) is 0 Å². The smallest absolute Gasteiger partial charge is 0.343 e. The summed E-state index contributed by atoms with van der Waals surface area (Å²) in [4.78, 5) is 27.2. The van der Waals surface area contributed by atoms with Gasteiger partial charge in [0.2, 0.25) is 0 Å². The van der Waals surface area contributed by atoms with E-state index in [0.717, 1.165) is 12.1 Å². The van der Waals surface area contributed by atoms with Gasteiger partial charge < -0.3 is 14.2 Å². The van der Waals surface area contributed by atoms with Gasteiger partial charge in [-0.05, 0) is 49.0 Å². The third-order valence-corrected chi connectivity index (χ3v) is 4.74. The van der Waals surface area contributed by atoms with E-state index in [4.69, 9.17) is 14.2 Å². The average Bonchev–Trinajstić information content (AvgIpc) is 3.22. The van der Waals surface area contributed by atoms with E-state index in [1.54, 1.807) is 60.7 Å². The quantitative estimate of drug-likeness (QED) is 0.472. The minimum absolute atomic E-state index is 0.150. The molecule has 6 heteroatoms. The molecule has 0 N–H and O–H groups in total. The molecule has 0 bridgehead atoms. The van der Waals surface area contributed by atoms with Crippen LogP contribution < -0.4 is 9.47 Å². The third kappa shape index (κ3) is 4.56. The third-order valence-electron chi connectivity index (χ3n) is 4.74. The summed E-state index contributed by atoms with van der Waals surface area (Å²) >= 11 is 0. The zero-order valence-corrected chi connectivity index (χ0v) is 16.5. The second-order valence-electron chi connectivity index (χ2n) is 7.04. The van der Waals surface area contributed by atoms with Gasteiger partial charge in [0.15, 0.2) is 11.5 Å². The summed E-state index contributed by atoms with van der Waals surface area (Å²) in [6.07, 6.45) is -0.150. The highest BCUT2D eigenvalue weighted by Crippen LogP contribution is 2.34. The normalized spacial score (nSPS) is 16.2. The lowest BCUT2D eigenvalue weighted by molar-refractivity contribution is 0.0680. The zero-order valence-electron chi connectivity index (χ0n) is 16.5. The highest BCUT2D eigenvalue weighted by atomic mass is 16.6. The van der Waals surface area contributed by atoms with E-state index in [0.29, 0.717) is 17.9 Å². The molecule has 0 radical (unpaired) electrons. The molecule has 1 saturated heterocycles. The van der Waals surface area contributed by atoms with Gasteiger partial charge in [-0.3, -0.25) is 4.90 Å². The number of carbonyl (C=O) groups is 2. The van der Waals surface area contributed by atoms with Crippen molar-refractivity contribution in [2.75, 3.05) is 20.3 Å². The maximum Gasteiger partial charge on any atom is 0.343 e. The molecule has 0 aromatic heterocycles. The minimum Gasteiger partial charge on any atom is -0.419 e. The SMILES string of the molecule is CN1COC(c2ccc(OC(=O)c3ccccc3)c(OC(=O)c3ccccc3)c2)C1. The van der Waals surface area contributed by atoms with Crippen LogP contribution in [0, 0.1) is 0 Å². The highest BCUT2D eigenvalue weighted by molar-refractivity contribution is 5.93. The lowest BCUT2D eigenvalue weighted by Crippen LogP contribution is -2.14. The molecule has 1 aliphatic heterocycles. The molecule has 0 saturated carbocycles. The molecule has 1 unspecified atom stereocenters. The van der Waals surface area contributed by atoms with E-state index in [1.165, 1.54) is 0 Å². The van der Waals surface area contributed by atoms with Crippen molar-refractivity contribution in [1.29, 1.82) is 0 Å². The first-order valence-electron chi connectivity index (χ1n) is 9.59. The largest absolute Gasteiger partial charge is 0.419 e. The molecule has 1 heterocycles. The topological polar surface area (TPSA) is 65.1 Å². The zero-order chi connectivity index (χ0) is 20.9. The van der Waals surface area contributed by atoms with Crippen molar-refractivity contribution in [3.8, 4) is 11.5 Å². The van der Waals surface area contributed by atoms with Gasteiger partial charge in [0, 0.05) is 6.54 Å².